The first-order chi connectivity index (χ1) is 12.9. The van der Waals surface area contributed by atoms with Gasteiger partial charge in [-0.05, 0) is 43.9 Å². The summed E-state index contributed by atoms with van der Waals surface area (Å²) < 4.78 is 13.3. The minimum absolute atomic E-state index is 0.0553. The quantitative estimate of drug-likeness (QED) is 0.798. The highest BCUT2D eigenvalue weighted by Crippen LogP contribution is 2.26. The lowest BCUT2D eigenvalue weighted by Crippen LogP contribution is -2.40. The summed E-state index contributed by atoms with van der Waals surface area (Å²) in [5, 5.41) is 6.59. The van der Waals surface area contributed by atoms with E-state index in [-0.39, 0.29) is 10.9 Å². The van der Waals surface area contributed by atoms with Crippen LogP contribution in [0.4, 0.5) is 21.7 Å². The number of benzene rings is 1. The van der Waals surface area contributed by atoms with Gasteiger partial charge in [0, 0.05) is 37.8 Å². The molecule has 2 aromatic rings. The van der Waals surface area contributed by atoms with Gasteiger partial charge in [0.1, 0.15) is 23.8 Å². The van der Waals surface area contributed by atoms with Crippen LogP contribution in [0.2, 0.25) is 5.02 Å². The summed E-state index contributed by atoms with van der Waals surface area (Å²) in [6.07, 6.45) is 5.37. The molecule has 1 amide bonds. The van der Waals surface area contributed by atoms with Crippen LogP contribution in [0, 0.1) is 5.82 Å². The third-order valence-electron chi connectivity index (χ3n) is 4.95. The Kier molecular flexibility index (Phi) is 6.11. The third kappa shape index (κ3) is 5.07. The molecule has 144 valence electrons. The lowest BCUT2D eigenvalue weighted by Gasteiger charge is -2.34. The molecule has 1 heterocycles. The molecule has 6 nitrogen and oxygen atoms in total. The summed E-state index contributed by atoms with van der Waals surface area (Å²) in [6, 6.07) is 6.85. The van der Waals surface area contributed by atoms with E-state index in [1.54, 1.807) is 13.0 Å². The molecule has 0 unspecified atom stereocenters. The smallest absolute Gasteiger partial charge is 0.219 e. The van der Waals surface area contributed by atoms with Crippen LogP contribution in [0.1, 0.15) is 32.6 Å². The number of nitrogens with zero attached hydrogens (tertiary/aromatic N) is 3. The second-order valence-corrected chi connectivity index (χ2v) is 7.23. The highest BCUT2D eigenvalue weighted by molar-refractivity contribution is 6.31. The number of carbonyl (C=O) groups excluding carboxylic acids is 1. The minimum Gasteiger partial charge on any atom is -0.367 e. The topological polar surface area (TPSA) is 70.2 Å². The van der Waals surface area contributed by atoms with Crippen molar-refractivity contribution in [3.8, 4) is 0 Å². The summed E-state index contributed by atoms with van der Waals surface area (Å²) in [7, 11) is 1.87. The fourth-order valence-corrected chi connectivity index (χ4v) is 3.48. The number of amides is 1. The van der Waals surface area contributed by atoms with E-state index >= 15 is 0 Å². The summed E-state index contributed by atoms with van der Waals surface area (Å²) in [6.45, 7) is 1.61. The molecule has 0 spiro atoms. The molecular weight excluding hydrogens is 369 g/mol. The summed E-state index contributed by atoms with van der Waals surface area (Å²) in [5.74, 6) is 0.973. The summed E-state index contributed by atoms with van der Waals surface area (Å²) in [5.41, 5.74) is 0.652. The molecule has 0 saturated heterocycles. The van der Waals surface area contributed by atoms with Gasteiger partial charge in [-0.1, -0.05) is 11.6 Å². The average Bonchev–Trinajstić information content (AvgIpc) is 2.65. The molecule has 0 aliphatic heterocycles. The van der Waals surface area contributed by atoms with Gasteiger partial charge >= 0.3 is 0 Å². The van der Waals surface area contributed by atoms with Crippen molar-refractivity contribution in [2.75, 3.05) is 17.7 Å². The Hall–Kier alpha value is -2.41. The number of hydrogen-bond acceptors (Lipinski definition) is 5. The van der Waals surface area contributed by atoms with Gasteiger partial charge in [0.05, 0.1) is 5.02 Å². The normalized spacial score (nSPS) is 19.4. The minimum atomic E-state index is -0.460. The zero-order valence-electron chi connectivity index (χ0n) is 15.4. The van der Waals surface area contributed by atoms with Gasteiger partial charge in [-0.25, -0.2) is 14.4 Å². The maximum atomic E-state index is 13.3. The summed E-state index contributed by atoms with van der Waals surface area (Å²) >= 11 is 5.81. The molecule has 0 bridgehead atoms. The van der Waals surface area contributed by atoms with Crippen LogP contribution in [0.5, 0.6) is 0 Å². The maximum Gasteiger partial charge on any atom is 0.219 e. The fraction of sp³-hybridized carbons (Fsp3) is 0.421. The molecule has 27 heavy (non-hydrogen) atoms. The first kappa shape index (κ1) is 19.4. The van der Waals surface area contributed by atoms with E-state index in [0.717, 1.165) is 31.5 Å². The third-order valence-corrected chi connectivity index (χ3v) is 5.24. The molecule has 0 radical (unpaired) electrons. The zero-order chi connectivity index (χ0) is 19.4. The van der Waals surface area contributed by atoms with Gasteiger partial charge in [0.15, 0.2) is 0 Å². The number of rotatable bonds is 5. The number of anilines is 3. The van der Waals surface area contributed by atoms with E-state index in [2.05, 4.69) is 20.6 Å². The van der Waals surface area contributed by atoms with E-state index in [1.807, 2.05) is 18.0 Å². The van der Waals surface area contributed by atoms with Crippen LogP contribution in [0.15, 0.2) is 30.6 Å². The molecule has 8 heteroatoms. The zero-order valence-corrected chi connectivity index (χ0v) is 16.1. The molecule has 1 aromatic carbocycles. The Morgan fingerprint density at radius 1 is 1.19 bits per heavy atom. The van der Waals surface area contributed by atoms with Crippen LogP contribution in [0.25, 0.3) is 0 Å². The van der Waals surface area contributed by atoms with Crippen LogP contribution >= 0.6 is 11.6 Å². The predicted molar refractivity (Wildman–Crippen MR) is 105 cm³/mol. The Bertz CT molecular complexity index is 810. The van der Waals surface area contributed by atoms with Crippen LogP contribution in [0.3, 0.4) is 0 Å². The molecule has 1 aliphatic rings. The van der Waals surface area contributed by atoms with Gasteiger partial charge in [0.25, 0.3) is 0 Å². The Balaban J connectivity index is 1.58. The van der Waals surface area contributed by atoms with Crippen molar-refractivity contribution in [1.82, 2.24) is 14.9 Å². The number of carbonyl (C=O) groups is 1. The average molecular weight is 392 g/mol. The van der Waals surface area contributed by atoms with Gasteiger partial charge in [-0.15, -0.1) is 0 Å². The lowest BCUT2D eigenvalue weighted by atomic mass is 9.90. The molecule has 0 atom stereocenters. The Morgan fingerprint density at radius 3 is 2.56 bits per heavy atom. The fourth-order valence-electron chi connectivity index (χ4n) is 3.30. The lowest BCUT2D eigenvalue weighted by molar-refractivity contribution is -0.130. The van der Waals surface area contributed by atoms with Crippen molar-refractivity contribution < 1.29 is 9.18 Å². The highest BCUT2D eigenvalue weighted by atomic mass is 35.5. The van der Waals surface area contributed by atoms with Crippen LogP contribution in [-0.4, -0.2) is 39.9 Å². The number of halogens is 2. The van der Waals surface area contributed by atoms with Gasteiger partial charge in [-0.3, -0.25) is 4.79 Å². The Labute approximate surface area is 163 Å². The predicted octanol–water partition coefficient (Wildman–Crippen LogP) is 4.21. The van der Waals surface area contributed by atoms with Crippen molar-refractivity contribution in [2.24, 2.45) is 0 Å². The van der Waals surface area contributed by atoms with Crippen molar-refractivity contribution in [3.05, 3.63) is 41.4 Å². The molecular formula is C19H23ClFN5O. The molecule has 2 N–H and O–H groups in total. The number of aromatic nitrogens is 2. The monoisotopic (exact) mass is 391 g/mol. The molecule has 1 saturated carbocycles. The van der Waals surface area contributed by atoms with E-state index in [1.165, 1.54) is 18.5 Å². The van der Waals surface area contributed by atoms with E-state index in [0.29, 0.717) is 23.6 Å². The van der Waals surface area contributed by atoms with Crippen LogP contribution in [-0.2, 0) is 4.79 Å². The van der Waals surface area contributed by atoms with E-state index in [9.17, 15) is 9.18 Å². The second-order valence-electron chi connectivity index (χ2n) is 6.82. The largest absolute Gasteiger partial charge is 0.367 e. The van der Waals surface area contributed by atoms with Gasteiger partial charge in [0.2, 0.25) is 5.91 Å². The SMILES string of the molecule is CC(=O)N(C)C1CCC(Nc2cc(Nc3ccc(F)c(Cl)c3)ncn2)CC1. The van der Waals surface area contributed by atoms with Gasteiger partial charge < -0.3 is 15.5 Å². The highest BCUT2D eigenvalue weighted by Gasteiger charge is 2.25. The van der Waals surface area contributed by atoms with Crippen molar-refractivity contribution in [2.45, 2.75) is 44.7 Å². The molecule has 1 aliphatic carbocycles. The van der Waals surface area contributed by atoms with Crippen LogP contribution < -0.4 is 10.6 Å². The standard InChI is InChI=1S/C19H23ClFN5O/c1-12(27)26(2)15-6-3-13(4-7-15)24-18-10-19(23-11-22-18)25-14-5-8-17(21)16(20)9-14/h5,8-11,13,15H,3-4,6-7H2,1-2H3,(H2,22,23,24,25). The van der Waals surface area contributed by atoms with E-state index in [4.69, 9.17) is 11.6 Å². The number of hydrogen-bond donors (Lipinski definition) is 2. The first-order valence-corrected chi connectivity index (χ1v) is 9.34. The van der Waals surface area contributed by atoms with Gasteiger partial charge in [-0.2, -0.15) is 0 Å². The van der Waals surface area contributed by atoms with E-state index < -0.39 is 5.82 Å². The van der Waals surface area contributed by atoms with Crippen molar-refractivity contribution >= 4 is 34.8 Å². The molecule has 1 fully saturated rings. The summed E-state index contributed by atoms with van der Waals surface area (Å²) in [4.78, 5) is 21.8. The second kappa shape index (κ2) is 8.52. The van der Waals surface area contributed by atoms with Crippen molar-refractivity contribution in [1.29, 1.82) is 0 Å². The molecule has 3 rings (SSSR count). The number of nitrogens with one attached hydrogen (secondary N) is 2. The maximum absolute atomic E-state index is 13.3. The first-order valence-electron chi connectivity index (χ1n) is 8.96. The molecule has 1 aromatic heterocycles. The van der Waals surface area contributed by atoms with Crippen molar-refractivity contribution in [3.63, 3.8) is 0 Å². The Morgan fingerprint density at radius 2 is 1.89 bits per heavy atom.